The molecule has 5 heteroatoms. The maximum atomic E-state index is 12.2. The lowest BCUT2D eigenvalue weighted by atomic mass is 10.2. The molecule has 0 radical (unpaired) electrons. The second kappa shape index (κ2) is 4.08. The molecule has 17 heavy (non-hydrogen) atoms. The van der Waals surface area contributed by atoms with Gasteiger partial charge in [0.25, 0.3) is 5.91 Å². The van der Waals surface area contributed by atoms with E-state index in [0.29, 0.717) is 0 Å². The van der Waals surface area contributed by atoms with Gasteiger partial charge in [-0.2, -0.15) is 0 Å². The molecule has 0 saturated carbocycles. The summed E-state index contributed by atoms with van der Waals surface area (Å²) >= 11 is 1.56. The Balaban J connectivity index is 1.78. The molecule has 1 amide bonds. The van der Waals surface area contributed by atoms with E-state index in [2.05, 4.69) is 0 Å². The molecule has 0 unspecified atom stereocenters. The van der Waals surface area contributed by atoms with Gasteiger partial charge in [-0.15, -0.1) is 11.3 Å². The Bertz CT molecular complexity index is 425. The van der Waals surface area contributed by atoms with Crippen LogP contribution in [0.3, 0.4) is 0 Å². The average molecular weight is 253 g/mol. The van der Waals surface area contributed by atoms with Crippen LogP contribution in [-0.2, 0) is 12.8 Å². The summed E-state index contributed by atoms with van der Waals surface area (Å²) in [5.41, 5.74) is 1.30. The standard InChI is InChI=1S/C12H15NO3S/c14-8-5-13(6-9(8)15)12(16)11-4-7-2-1-3-10(7)17-11/h4,8-9,14-15H,1-3,5-6H2/t8-,9+. The fourth-order valence-electron chi connectivity index (χ4n) is 2.53. The van der Waals surface area contributed by atoms with Crippen molar-refractivity contribution in [2.75, 3.05) is 13.1 Å². The summed E-state index contributed by atoms with van der Waals surface area (Å²) in [6.07, 6.45) is 1.75. The molecule has 1 aliphatic carbocycles. The third kappa shape index (κ3) is 1.88. The molecule has 2 N–H and O–H groups in total. The number of fused-ring (bicyclic) bond motifs is 1. The van der Waals surface area contributed by atoms with Gasteiger partial charge in [-0.05, 0) is 30.9 Å². The molecule has 0 bridgehead atoms. The number of aliphatic hydroxyl groups is 2. The van der Waals surface area contributed by atoms with E-state index >= 15 is 0 Å². The summed E-state index contributed by atoms with van der Waals surface area (Å²) in [5.74, 6) is -0.0556. The van der Waals surface area contributed by atoms with Crippen molar-refractivity contribution in [1.29, 1.82) is 0 Å². The number of amides is 1. The zero-order chi connectivity index (χ0) is 12.0. The van der Waals surface area contributed by atoms with Crippen molar-refractivity contribution in [2.24, 2.45) is 0 Å². The van der Waals surface area contributed by atoms with Gasteiger partial charge in [-0.25, -0.2) is 0 Å². The Hall–Kier alpha value is -0.910. The van der Waals surface area contributed by atoms with Crippen molar-refractivity contribution in [2.45, 2.75) is 31.5 Å². The molecule has 0 spiro atoms. The fourth-order valence-corrected chi connectivity index (χ4v) is 3.75. The van der Waals surface area contributed by atoms with Gasteiger partial charge in [0.1, 0.15) is 0 Å². The first-order chi connectivity index (χ1) is 8.15. The normalized spacial score (nSPS) is 27.5. The number of hydrogen-bond donors (Lipinski definition) is 2. The van der Waals surface area contributed by atoms with Crippen LogP contribution in [0, 0.1) is 0 Å². The van der Waals surface area contributed by atoms with Crippen molar-refractivity contribution in [3.05, 3.63) is 21.4 Å². The molecule has 1 fully saturated rings. The SMILES string of the molecule is O=C(c1cc2c(s1)CCC2)N1C[C@@H](O)[C@@H](O)C1. The van der Waals surface area contributed by atoms with Crippen LogP contribution in [0.15, 0.2) is 6.07 Å². The van der Waals surface area contributed by atoms with Crippen LogP contribution in [0.2, 0.25) is 0 Å². The Labute approximate surface area is 103 Å². The van der Waals surface area contributed by atoms with E-state index in [1.54, 1.807) is 11.3 Å². The Kier molecular flexibility index (Phi) is 2.69. The number of aliphatic hydroxyl groups excluding tert-OH is 2. The lowest BCUT2D eigenvalue weighted by Crippen LogP contribution is -2.29. The first-order valence-corrected chi connectivity index (χ1v) is 6.74. The number of carbonyl (C=O) groups is 1. The van der Waals surface area contributed by atoms with Crippen LogP contribution in [0.1, 0.15) is 26.5 Å². The van der Waals surface area contributed by atoms with Gasteiger partial charge < -0.3 is 15.1 Å². The summed E-state index contributed by atoms with van der Waals surface area (Å²) in [6.45, 7) is 0.477. The largest absolute Gasteiger partial charge is 0.388 e. The van der Waals surface area contributed by atoms with Gasteiger partial charge in [0.2, 0.25) is 0 Å². The van der Waals surface area contributed by atoms with E-state index < -0.39 is 12.2 Å². The maximum absolute atomic E-state index is 12.2. The van der Waals surface area contributed by atoms with Crippen molar-refractivity contribution >= 4 is 17.2 Å². The molecule has 0 aromatic carbocycles. The van der Waals surface area contributed by atoms with Crippen molar-refractivity contribution in [3.8, 4) is 0 Å². The minimum Gasteiger partial charge on any atom is -0.388 e. The van der Waals surface area contributed by atoms with Gasteiger partial charge in [0.05, 0.1) is 17.1 Å². The van der Waals surface area contributed by atoms with E-state index in [1.807, 2.05) is 6.07 Å². The van der Waals surface area contributed by atoms with Crippen LogP contribution in [0.25, 0.3) is 0 Å². The lowest BCUT2D eigenvalue weighted by molar-refractivity contribution is 0.0572. The quantitative estimate of drug-likeness (QED) is 0.762. The highest BCUT2D eigenvalue weighted by molar-refractivity contribution is 7.14. The van der Waals surface area contributed by atoms with Gasteiger partial charge in [0.15, 0.2) is 0 Å². The van der Waals surface area contributed by atoms with Gasteiger partial charge in [0, 0.05) is 18.0 Å². The van der Waals surface area contributed by atoms with Gasteiger partial charge in [-0.1, -0.05) is 0 Å². The number of rotatable bonds is 1. The van der Waals surface area contributed by atoms with Gasteiger partial charge >= 0.3 is 0 Å². The molecule has 2 heterocycles. The molecule has 1 aromatic rings. The van der Waals surface area contributed by atoms with Crippen molar-refractivity contribution < 1.29 is 15.0 Å². The number of hydrogen-bond acceptors (Lipinski definition) is 4. The topological polar surface area (TPSA) is 60.8 Å². The van der Waals surface area contributed by atoms with Crippen LogP contribution >= 0.6 is 11.3 Å². The highest BCUT2D eigenvalue weighted by Crippen LogP contribution is 2.31. The first kappa shape index (κ1) is 11.2. The predicted molar refractivity (Wildman–Crippen MR) is 64.3 cm³/mol. The van der Waals surface area contributed by atoms with E-state index in [4.69, 9.17) is 0 Å². The number of aryl methyl sites for hydroxylation is 2. The van der Waals surface area contributed by atoms with E-state index in [1.165, 1.54) is 21.8 Å². The second-order valence-electron chi connectivity index (χ2n) is 4.76. The molecule has 1 saturated heterocycles. The number of likely N-dealkylation sites (tertiary alicyclic amines) is 1. The third-order valence-electron chi connectivity index (χ3n) is 3.50. The summed E-state index contributed by atoms with van der Waals surface area (Å²) in [7, 11) is 0. The van der Waals surface area contributed by atoms with E-state index in [0.717, 1.165) is 17.7 Å². The molecule has 2 aliphatic rings. The number of nitrogens with zero attached hydrogens (tertiary/aromatic N) is 1. The third-order valence-corrected chi connectivity index (χ3v) is 4.73. The highest BCUT2D eigenvalue weighted by Gasteiger charge is 2.34. The number of β-amino-alcohol motifs (C(OH)–C–C–N with tert-alkyl or cyclic N) is 2. The van der Waals surface area contributed by atoms with Crippen LogP contribution in [-0.4, -0.2) is 46.3 Å². The van der Waals surface area contributed by atoms with E-state index in [9.17, 15) is 15.0 Å². The van der Waals surface area contributed by atoms with Crippen molar-refractivity contribution in [1.82, 2.24) is 4.90 Å². The molecule has 2 atom stereocenters. The molecule has 1 aromatic heterocycles. The highest BCUT2D eigenvalue weighted by atomic mass is 32.1. The average Bonchev–Trinajstić information content (AvgIpc) is 2.92. The molecular weight excluding hydrogens is 238 g/mol. The second-order valence-corrected chi connectivity index (χ2v) is 5.89. The Morgan fingerprint density at radius 1 is 1.29 bits per heavy atom. The summed E-state index contributed by atoms with van der Waals surface area (Å²) in [5, 5.41) is 18.9. The lowest BCUT2D eigenvalue weighted by Gasteiger charge is -2.13. The van der Waals surface area contributed by atoms with Crippen LogP contribution in [0.5, 0.6) is 0 Å². The van der Waals surface area contributed by atoms with Gasteiger partial charge in [-0.3, -0.25) is 4.79 Å². The summed E-state index contributed by atoms with van der Waals surface area (Å²) in [6, 6.07) is 1.98. The van der Waals surface area contributed by atoms with Crippen molar-refractivity contribution in [3.63, 3.8) is 0 Å². The molecular formula is C12H15NO3S. The summed E-state index contributed by atoms with van der Waals surface area (Å²) < 4.78 is 0. The predicted octanol–water partition coefficient (Wildman–Crippen LogP) is 0.414. The zero-order valence-corrected chi connectivity index (χ0v) is 10.2. The molecule has 3 rings (SSSR count). The number of thiophene rings is 1. The molecule has 4 nitrogen and oxygen atoms in total. The maximum Gasteiger partial charge on any atom is 0.264 e. The van der Waals surface area contributed by atoms with Crippen LogP contribution in [0.4, 0.5) is 0 Å². The number of carbonyl (C=O) groups excluding carboxylic acids is 1. The smallest absolute Gasteiger partial charge is 0.264 e. The minimum atomic E-state index is -0.800. The Morgan fingerprint density at radius 2 is 2.00 bits per heavy atom. The monoisotopic (exact) mass is 253 g/mol. The minimum absolute atomic E-state index is 0.0556. The molecule has 92 valence electrons. The first-order valence-electron chi connectivity index (χ1n) is 5.92. The fraction of sp³-hybridized carbons (Fsp3) is 0.583. The zero-order valence-electron chi connectivity index (χ0n) is 9.43. The molecule has 1 aliphatic heterocycles. The summed E-state index contributed by atoms with van der Waals surface area (Å²) in [4.78, 5) is 15.8. The van der Waals surface area contributed by atoms with E-state index in [-0.39, 0.29) is 19.0 Å². The Morgan fingerprint density at radius 3 is 2.65 bits per heavy atom. The van der Waals surface area contributed by atoms with Crippen LogP contribution < -0.4 is 0 Å².